The lowest BCUT2D eigenvalue weighted by molar-refractivity contribution is 0.122. The van der Waals surface area contributed by atoms with E-state index in [4.69, 9.17) is 24.5 Å². The third-order valence-electron chi connectivity index (χ3n) is 5.02. The van der Waals surface area contributed by atoms with Gasteiger partial charge in [0, 0.05) is 30.3 Å². The Hall–Kier alpha value is -3.49. The molecule has 0 spiro atoms. The zero-order valence-electron chi connectivity index (χ0n) is 16.7. The number of hydrogen-bond donors (Lipinski definition) is 0. The second-order valence-electron chi connectivity index (χ2n) is 6.84. The smallest absolute Gasteiger partial charge is 0.230 e. The highest BCUT2D eigenvalue weighted by Crippen LogP contribution is 2.26. The molecule has 1 aliphatic heterocycles. The van der Waals surface area contributed by atoms with Gasteiger partial charge >= 0.3 is 0 Å². The minimum atomic E-state index is 0. The molecule has 2 aromatic heterocycles. The van der Waals surface area contributed by atoms with Crippen LogP contribution >= 0.6 is 0 Å². The molecule has 3 heterocycles. The van der Waals surface area contributed by atoms with Gasteiger partial charge in [0.05, 0.1) is 26.0 Å². The molecule has 0 saturated carbocycles. The van der Waals surface area contributed by atoms with Crippen LogP contribution in [0.3, 0.4) is 0 Å². The molecule has 1 fully saturated rings. The number of hydrogen-bond acceptors (Lipinski definition) is 6. The standard InChI is InChI=1S/C22H21N5O2.H2O/c1-28-18-9-7-17(8-10-18)21-23-20-15-19(16-5-3-2-4-6-16)25-27(20)22(24-21)26-11-13-29-14-12-26;/h2-10,15H,11-14H2,1H3;1H2. The summed E-state index contributed by atoms with van der Waals surface area (Å²) in [5.41, 5.74) is 3.63. The summed E-state index contributed by atoms with van der Waals surface area (Å²) in [5, 5.41) is 4.81. The predicted molar refractivity (Wildman–Crippen MR) is 115 cm³/mol. The van der Waals surface area contributed by atoms with E-state index in [0.717, 1.165) is 47.3 Å². The van der Waals surface area contributed by atoms with Crippen LogP contribution in [0.2, 0.25) is 0 Å². The number of nitrogens with zero attached hydrogens (tertiary/aromatic N) is 5. The number of methoxy groups -OCH3 is 1. The van der Waals surface area contributed by atoms with Crippen LogP contribution in [0.5, 0.6) is 5.75 Å². The molecule has 4 aromatic rings. The van der Waals surface area contributed by atoms with Crippen LogP contribution in [-0.2, 0) is 4.74 Å². The fourth-order valence-corrected chi connectivity index (χ4v) is 3.46. The Morgan fingerprint density at radius 2 is 1.63 bits per heavy atom. The number of benzene rings is 2. The molecule has 1 saturated heterocycles. The molecule has 2 N–H and O–H groups in total. The zero-order valence-corrected chi connectivity index (χ0v) is 16.7. The molecule has 8 nitrogen and oxygen atoms in total. The predicted octanol–water partition coefficient (Wildman–Crippen LogP) is 2.48. The second-order valence-corrected chi connectivity index (χ2v) is 6.84. The van der Waals surface area contributed by atoms with E-state index in [1.54, 1.807) is 7.11 Å². The fraction of sp³-hybridized carbons (Fsp3) is 0.227. The number of ether oxygens (including phenoxy) is 2. The summed E-state index contributed by atoms with van der Waals surface area (Å²) in [5.74, 6) is 2.26. The zero-order chi connectivity index (χ0) is 19.6. The molecular weight excluding hydrogens is 382 g/mol. The van der Waals surface area contributed by atoms with Gasteiger partial charge in [0.1, 0.15) is 5.75 Å². The molecule has 0 aliphatic carbocycles. The molecule has 0 radical (unpaired) electrons. The van der Waals surface area contributed by atoms with E-state index in [1.165, 1.54) is 0 Å². The summed E-state index contributed by atoms with van der Waals surface area (Å²) < 4.78 is 12.6. The van der Waals surface area contributed by atoms with Crippen LogP contribution < -0.4 is 9.64 Å². The molecule has 0 unspecified atom stereocenters. The van der Waals surface area contributed by atoms with Gasteiger partial charge in [-0.15, -0.1) is 0 Å². The van der Waals surface area contributed by atoms with Gasteiger partial charge < -0.3 is 19.8 Å². The molecule has 2 aromatic carbocycles. The van der Waals surface area contributed by atoms with Crippen molar-refractivity contribution in [3.63, 3.8) is 0 Å². The second kappa shape index (κ2) is 8.48. The maximum Gasteiger partial charge on any atom is 0.230 e. The summed E-state index contributed by atoms with van der Waals surface area (Å²) in [6, 6.07) is 19.9. The van der Waals surface area contributed by atoms with Crippen LogP contribution in [0, 0.1) is 0 Å². The topological polar surface area (TPSA) is 96.3 Å². The first-order valence-electron chi connectivity index (χ1n) is 9.62. The molecule has 1 aliphatic rings. The number of morpholine rings is 1. The highest BCUT2D eigenvalue weighted by molar-refractivity contribution is 5.68. The third-order valence-corrected chi connectivity index (χ3v) is 5.02. The van der Waals surface area contributed by atoms with E-state index in [1.807, 2.05) is 65.2 Å². The summed E-state index contributed by atoms with van der Waals surface area (Å²) in [6.07, 6.45) is 0. The van der Waals surface area contributed by atoms with Crippen molar-refractivity contribution in [2.24, 2.45) is 0 Å². The molecule has 0 bridgehead atoms. The maximum absolute atomic E-state index is 5.52. The first kappa shape index (κ1) is 19.8. The first-order chi connectivity index (χ1) is 14.3. The van der Waals surface area contributed by atoms with Crippen molar-refractivity contribution >= 4 is 11.6 Å². The number of aromatic nitrogens is 4. The normalized spacial score (nSPS) is 13.8. The Labute approximate surface area is 174 Å². The quantitative estimate of drug-likeness (QED) is 0.518. The van der Waals surface area contributed by atoms with Crippen LogP contribution in [-0.4, -0.2) is 58.5 Å². The Morgan fingerprint density at radius 1 is 0.900 bits per heavy atom. The average molecular weight is 405 g/mol. The van der Waals surface area contributed by atoms with Crippen LogP contribution in [0.1, 0.15) is 0 Å². The highest BCUT2D eigenvalue weighted by Gasteiger charge is 2.20. The number of anilines is 1. The molecule has 5 rings (SSSR count). The Morgan fingerprint density at radius 3 is 2.33 bits per heavy atom. The summed E-state index contributed by atoms with van der Waals surface area (Å²) in [6.45, 7) is 2.90. The minimum Gasteiger partial charge on any atom is -0.497 e. The minimum absolute atomic E-state index is 0. The van der Waals surface area contributed by atoms with Crippen molar-refractivity contribution in [3.8, 4) is 28.4 Å². The van der Waals surface area contributed by atoms with Gasteiger partial charge in [-0.1, -0.05) is 30.3 Å². The lowest BCUT2D eigenvalue weighted by Gasteiger charge is -2.27. The van der Waals surface area contributed by atoms with Gasteiger partial charge in [0.25, 0.3) is 0 Å². The molecule has 0 amide bonds. The van der Waals surface area contributed by atoms with E-state index in [9.17, 15) is 0 Å². The van der Waals surface area contributed by atoms with Gasteiger partial charge in [-0.05, 0) is 24.3 Å². The van der Waals surface area contributed by atoms with Crippen molar-refractivity contribution in [1.82, 2.24) is 19.6 Å². The van der Waals surface area contributed by atoms with E-state index >= 15 is 0 Å². The first-order valence-corrected chi connectivity index (χ1v) is 9.62. The van der Waals surface area contributed by atoms with Gasteiger partial charge in [0.15, 0.2) is 11.5 Å². The van der Waals surface area contributed by atoms with E-state index in [0.29, 0.717) is 19.0 Å². The van der Waals surface area contributed by atoms with Crippen LogP contribution in [0.4, 0.5) is 5.95 Å². The van der Waals surface area contributed by atoms with Gasteiger partial charge in [0.2, 0.25) is 5.95 Å². The third kappa shape index (κ3) is 3.70. The molecular formula is C22H23N5O3. The van der Waals surface area contributed by atoms with Crippen molar-refractivity contribution in [2.75, 3.05) is 38.3 Å². The summed E-state index contributed by atoms with van der Waals surface area (Å²) >= 11 is 0. The van der Waals surface area contributed by atoms with E-state index in [-0.39, 0.29) is 5.48 Å². The number of rotatable bonds is 4. The Kier molecular flexibility index (Phi) is 5.60. The van der Waals surface area contributed by atoms with Crippen molar-refractivity contribution in [1.29, 1.82) is 0 Å². The SMILES string of the molecule is COc1ccc(-c2nc(N3CCOCC3)n3nc(-c4ccccc4)cc3n2)cc1.O. The molecule has 154 valence electrons. The van der Waals surface area contributed by atoms with Crippen molar-refractivity contribution in [2.45, 2.75) is 0 Å². The average Bonchev–Trinajstić information content (AvgIpc) is 3.24. The fourth-order valence-electron chi connectivity index (χ4n) is 3.46. The van der Waals surface area contributed by atoms with Gasteiger partial charge in [-0.2, -0.15) is 14.6 Å². The van der Waals surface area contributed by atoms with Gasteiger partial charge in [-0.25, -0.2) is 4.98 Å². The maximum atomic E-state index is 5.52. The molecule has 30 heavy (non-hydrogen) atoms. The van der Waals surface area contributed by atoms with E-state index in [2.05, 4.69) is 4.90 Å². The lowest BCUT2D eigenvalue weighted by atomic mass is 10.2. The lowest BCUT2D eigenvalue weighted by Crippen LogP contribution is -2.38. The monoisotopic (exact) mass is 405 g/mol. The summed E-state index contributed by atoms with van der Waals surface area (Å²) in [4.78, 5) is 11.9. The van der Waals surface area contributed by atoms with E-state index < -0.39 is 0 Å². The van der Waals surface area contributed by atoms with Crippen LogP contribution in [0.25, 0.3) is 28.3 Å². The molecule has 0 atom stereocenters. The van der Waals surface area contributed by atoms with Crippen molar-refractivity contribution in [3.05, 3.63) is 60.7 Å². The summed E-state index contributed by atoms with van der Waals surface area (Å²) in [7, 11) is 1.66. The van der Waals surface area contributed by atoms with Crippen molar-refractivity contribution < 1.29 is 14.9 Å². The largest absolute Gasteiger partial charge is 0.497 e. The highest BCUT2D eigenvalue weighted by atomic mass is 16.5. The van der Waals surface area contributed by atoms with Crippen LogP contribution in [0.15, 0.2) is 60.7 Å². The number of fused-ring (bicyclic) bond motifs is 1. The van der Waals surface area contributed by atoms with Gasteiger partial charge in [-0.3, -0.25) is 0 Å². The molecule has 8 heteroatoms. The Bertz CT molecular complexity index is 1120. The Balaban J connectivity index is 0.00000218.